The highest BCUT2D eigenvalue weighted by molar-refractivity contribution is 5.46. The standard InChI is InChI=1S/C12H20N2/c1-4-6-10(2)9-14-12-7-5-8-13-11(12)3/h5,7-8,10,14H,4,6,9H2,1-3H3/t10-/m1/s1. The van der Waals surface area contributed by atoms with Crippen molar-refractivity contribution in [1.82, 2.24) is 4.98 Å². The average Bonchev–Trinajstić information content (AvgIpc) is 2.17. The minimum Gasteiger partial charge on any atom is -0.383 e. The summed E-state index contributed by atoms with van der Waals surface area (Å²) in [5, 5.41) is 3.44. The van der Waals surface area contributed by atoms with Crippen LogP contribution in [0.2, 0.25) is 0 Å². The Balaban J connectivity index is 2.41. The van der Waals surface area contributed by atoms with Crippen LogP contribution in [0.25, 0.3) is 0 Å². The van der Waals surface area contributed by atoms with Gasteiger partial charge in [-0.05, 0) is 31.4 Å². The lowest BCUT2D eigenvalue weighted by Crippen LogP contribution is -2.11. The molecule has 0 fully saturated rings. The first kappa shape index (κ1) is 11.0. The molecule has 0 aliphatic heterocycles. The zero-order valence-electron chi connectivity index (χ0n) is 9.38. The van der Waals surface area contributed by atoms with Crippen molar-refractivity contribution in [2.24, 2.45) is 5.92 Å². The van der Waals surface area contributed by atoms with Crippen molar-refractivity contribution >= 4 is 5.69 Å². The number of aromatic nitrogens is 1. The summed E-state index contributed by atoms with van der Waals surface area (Å²) >= 11 is 0. The van der Waals surface area contributed by atoms with Crippen LogP contribution in [0.15, 0.2) is 18.3 Å². The van der Waals surface area contributed by atoms with Gasteiger partial charge >= 0.3 is 0 Å². The normalized spacial score (nSPS) is 12.5. The van der Waals surface area contributed by atoms with Gasteiger partial charge in [-0.2, -0.15) is 0 Å². The Hall–Kier alpha value is -1.05. The molecule has 0 radical (unpaired) electrons. The van der Waals surface area contributed by atoms with Gasteiger partial charge in [0.25, 0.3) is 0 Å². The maximum atomic E-state index is 4.24. The van der Waals surface area contributed by atoms with Crippen molar-refractivity contribution in [2.75, 3.05) is 11.9 Å². The Kier molecular flexibility index (Phi) is 4.44. The first-order chi connectivity index (χ1) is 6.74. The van der Waals surface area contributed by atoms with Crippen LogP contribution < -0.4 is 5.32 Å². The van der Waals surface area contributed by atoms with Crippen LogP contribution in [0.3, 0.4) is 0 Å². The molecule has 0 aliphatic carbocycles. The fraction of sp³-hybridized carbons (Fsp3) is 0.583. The number of anilines is 1. The zero-order chi connectivity index (χ0) is 10.4. The molecule has 2 heteroatoms. The maximum Gasteiger partial charge on any atom is 0.0603 e. The Morgan fingerprint density at radius 1 is 1.50 bits per heavy atom. The molecule has 1 N–H and O–H groups in total. The van der Waals surface area contributed by atoms with E-state index in [4.69, 9.17) is 0 Å². The molecule has 1 aromatic heterocycles. The number of rotatable bonds is 5. The molecule has 0 amide bonds. The van der Waals surface area contributed by atoms with E-state index in [2.05, 4.69) is 30.2 Å². The van der Waals surface area contributed by atoms with Gasteiger partial charge in [-0.25, -0.2) is 0 Å². The molecule has 0 saturated heterocycles. The van der Waals surface area contributed by atoms with E-state index in [9.17, 15) is 0 Å². The lowest BCUT2D eigenvalue weighted by Gasteiger charge is -2.13. The van der Waals surface area contributed by atoms with Crippen LogP contribution >= 0.6 is 0 Å². The smallest absolute Gasteiger partial charge is 0.0603 e. The monoisotopic (exact) mass is 192 g/mol. The molecule has 2 nitrogen and oxygen atoms in total. The minimum atomic E-state index is 0.736. The highest BCUT2D eigenvalue weighted by atomic mass is 14.9. The molecular formula is C12H20N2. The first-order valence-corrected chi connectivity index (χ1v) is 5.39. The van der Waals surface area contributed by atoms with Crippen LogP contribution in [0.1, 0.15) is 32.4 Å². The summed E-state index contributed by atoms with van der Waals surface area (Å²) in [4.78, 5) is 4.24. The summed E-state index contributed by atoms with van der Waals surface area (Å²) in [6.07, 6.45) is 4.37. The quantitative estimate of drug-likeness (QED) is 0.774. The van der Waals surface area contributed by atoms with Crippen LogP contribution in [0, 0.1) is 12.8 Å². The first-order valence-electron chi connectivity index (χ1n) is 5.39. The second-order valence-corrected chi connectivity index (χ2v) is 3.91. The second-order valence-electron chi connectivity index (χ2n) is 3.91. The Bertz CT molecular complexity index is 271. The van der Waals surface area contributed by atoms with Crippen molar-refractivity contribution < 1.29 is 0 Å². The molecule has 14 heavy (non-hydrogen) atoms. The van der Waals surface area contributed by atoms with Crippen molar-refractivity contribution in [3.63, 3.8) is 0 Å². The summed E-state index contributed by atoms with van der Waals surface area (Å²) in [6.45, 7) is 7.58. The molecule has 0 aliphatic rings. The number of nitrogens with zero attached hydrogens (tertiary/aromatic N) is 1. The third-order valence-electron chi connectivity index (χ3n) is 2.43. The maximum absolute atomic E-state index is 4.24. The van der Waals surface area contributed by atoms with Gasteiger partial charge in [-0.15, -0.1) is 0 Å². The molecule has 0 bridgehead atoms. The zero-order valence-corrected chi connectivity index (χ0v) is 9.38. The van der Waals surface area contributed by atoms with Crippen molar-refractivity contribution in [1.29, 1.82) is 0 Å². The number of hydrogen-bond donors (Lipinski definition) is 1. The van der Waals surface area contributed by atoms with E-state index in [1.54, 1.807) is 0 Å². The van der Waals surface area contributed by atoms with E-state index < -0.39 is 0 Å². The van der Waals surface area contributed by atoms with E-state index >= 15 is 0 Å². The van der Waals surface area contributed by atoms with Crippen molar-refractivity contribution in [2.45, 2.75) is 33.6 Å². The minimum absolute atomic E-state index is 0.736. The van der Waals surface area contributed by atoms with Crippen molar-refractivity contribution in [3.8, 4) is 0 Å². The van der Waals surface area contributed by atoms with Crippen molar-refractivity contribution in [3.05, 3.63) is 24.0 Å². The Labute approximate surface area is 86.8 Å². The average molecular weight is 192 g/mol. The lowest BCUT2D eigenvalue weighted by molar-refractivity contribution is 0.550. The van der Waals surface area contributed by atoms with Gasteiger partial charge in [0.05, 0.1) is 11.4 Å². The van der Waals surface area contributed by atoms with Gasteiger partial charge in [-0.1, -0.05) is 20.3 Å². The van der Waals surface area contributed by atoms with Gasteiger partial charge < -0.3 is 5.32 Å². The predicted octanol–water partition coefficient (Wildman–Crippen LogP) is 3.24. The van der Waals surface area contributed by atoms with Crippen LogP contribution in [-0.4, -0.2) is 11.5 Å². The van der Waals surface area contributed by atoms with Crippen LogP contribution in [-0.2, 0) is 0 Å². The molecule has 78 valence electrons. The van der Waals surface area contributed by atoms with Gasteiger partial charge in [-0.3, -0.25) is 4.98 Å². The fourth-order valence-corrected chi connectivity index (χ4v) is 1.55. The summed E-state index contributed by atoms with van der Waals surface area (Å²) in [6, 6.07) is 4.06. The fourth-order valence-electron chi connectivity index (χ4n) is 1.55. The number of nitrogens with one attached hydrogen (secondary N) is 1. The molecule has 1 rings (SSSR count). The van der Waals surface area contributed by atoms with E-state index in [0.29, 0.717) is 0 Å². The largest absolute Gasteiger partial charge is 0.383 e. The Morgan fingerprint density at radius 3 is 2.93 bits per heavy atom. The molecule has 0 aromatic carbocycles. The Morgan fingerprint density at radius 2 is 2.29 bits per heavy atom. The third kappa shape index (κ3) is 3.36. The molecule has 1 aromatic rings. The summed E-state index contributed by atoms with van der Waals surface area (Å²) in [7, 11) is 0. The van der Waals surface area contributed by atoms with E-state index in [0.717, 1.165) is 23.8 Å². The number of aryl methyl sites for hydroxylation is 1. The summed E-state index contributed by atoms with van der Waals surface area (Å²) in [5.41, 5.74) is 2.24. The number of pyridine rings is 1. The molecule has 1 heterocycles. The summed E-state index contributed by atoms with van der Waals surface area (Å²) in [5.74, 6) is 0.736. The highest BCUT2D eigenvalue weighted by Gasteiger charge is 2.01. The third-order valence-corrected chi connectivity index (χ3v) is 2.43. The summed E-state index contributed by atoms with van der Waals surface area (Å²) < 4.78 is 0. The second kappa shape index (κ2) is 5.63. The van der Waals surface area contributed by atoms with Gasteiger partial charge in [0.15, 0.2) is 0 Å². The van der Waals surface area contributed by atoms with E-state index in [-0.39, 0.29) is 0 Å². The SMILES string of the molecule is CCC[C@@H](C)CNc1cccnc1C. The molecular weight excluding hydrogens is 172 g/mol. The van der Waals surface area contributed by atoms with Gasteiger partial charge in [0.2, 0.25) is 0 Å². The predicted molar refractivity (Wildman–Crippen MR) is 61.5 cm³/mol. The van der Waals surface area contributed by atoms with Crippen LogP contribution in [0.4, 0.5) is 5.69 Å². The molecule has 0 saturated carbocycles. The highest BCUT2D eigenvalue weighted by Crippen LogP contribution is 2.12. The lowest BCUT2D eigenvalue weighted by atomic mass is 10.1. The topological polar surface area (TPSA) is 24.9 Å². The molecule has 0 spiro atoms. The van der Waals surface area contributed by atoms with Gasteiger partial charge in [0, 0.05) is 12.7 Å². The molecule has 1 atom stereocenters. The molecule has 0 unspecified atom stereocenters. The van der Waals surface area contributed by atoms with Gasteiger partial charge in [0.1, 0.15) is 0 Å². The van der Waals surface area contributed by atoms with Crippen LogP contribution in [0.5, 0.6) is 0 Å². The van der Waals surface area contributed by atoms with E-state index in [1.807, 2.05) is 19.2 Å². The van der Waals surface area contributed by atoms with E-state index in [1.165, 1.54) is 12.8 Å². The number of hydrogen-bond acceptors (Lipinski definition) is 2.